The van der Waals surface area contributed by atoms with Crippen LogP contribution in [0, 0.1) is 22.7 Å². The lowest BCUT2D eigenvalue weighted by Gasteiger charge is -2.18. The van der Waals surface area contributed by atoms with E-state index in [1.54, 1.807) is 0 Å². The molecule has 2 heteroatoms. The quantitative estimate of drug-likeness (QED) is 0.260. The smallest absolute Gasteiger partial charge is 0.0991 e. The highest BCUT2D eigenvalue weighted by Crippen LogP contribution is 2.44. The molecular formula is C32H18N2. The molecule has 34 heavy (non-hydrogen) atoms. The van der Waals surface area contributed by atoms with E-state index in [-0.39, 0.29) is 0 Å². The van der Waals surface area contributed by atoms with Gasteiger partial charge in [0.1, 0.15) is 0 Å². The van der Waals surface area contributed by atoms with Gasteiger partial charge in [-0.05, 0) is 84.9 Å². The molecular weight excluding hydrogens is 412 g/mol. The molecule has 6 aromatic rings. The first-order valence-corrected chi connectivity index (χ1v) is 11.1. The SMILES string of the molecule is N#Cc1ccc2c(-c3ccc4ccccc4c3)c3cc(C#N)ccc3c(-c3ccccc3)c2c1. The lowest BCUT2D eigenvalue weighted by atomic mass is 9.84. The van der Waals surface area contributed by atoms with Gasteiger partial charge in [-0.1, -0.05) is 78.9 Å². The van der Waals surface area contributed by atoms with E-state index in [1.165, 1.54) is 10.8 Å². The zero-order chi connectivity index (χ0) is 23.1. The van der Waals surface area contributed by atoms with Crippen molar-refractivity contribution < 1.29 is 0 Å². The van der Waals surface area contributed by atoms with Gasteiger partial charge in [0.15, 0.2) is 0 Å². The van der Waals surface area contributed by atoms with Crippen LogP contribution in [0.2, 0.25) is 0 Å². The van der Waals surface area contributed by atoms with Crippen molar-refractivity contribution in [3.05, 3.63) is 120 Å². The highest BCUT2D eigenvalue weighted by molar-refractivity contribution is 6.22. The lowest BCUT2D eigenvalue weighted by Crippen LogP contribution is -1.92. The van der Waals surface area contributed by atoms with Crippen LogP contribution in [0.3, 0.4) is 0 Å². The Kier molecular flexibility index (Phi) is 4.58. The largest absolute Gasteiger partial charge is 0.192 e. The van der Waals surface area contributed by atoms with E-state index in [1.807, 2.05) is 66.7 Å². The summed E-state index contributed by atoms with van der Waals surface area (Å²) in [5, 5.41) is 25.9. The number of nitrogens with zero attached hydrogens (tertiary/aromatic N) is 2. The fraction of sp³-hybridized carbons (Fsp3) is 0. The topological polar surface area (TPSA) is 47.6 Å². The Morgan fingerprint density at radius 3 is 1.59 bits per heavy atom. The van der Waals surface area contributed by atoms with Gasteiger partial charge in [0.2, 0.25) is 0 Å². The van der Waals surface area contributed by atoms with Crippen molar-refractivity contribution in [2.45, 2.75) is 0 Å². The zero-order valence-corrected chi connectivity index (χ0v) is 18.3. The molecule has 0 bridgehead atoms. The highest BCUT2D eigenvalue weighted by atomic mass is 14.3. The van der Waals surface area contributed by atoms with Crippen molar-refractivity contribution in [3.8, 4) is 34.4 Å². The molecule has 6 rings (SSSR count). The maximum atomic E-state index is 9.68. The number of hydrogen-bond acceptors (Lipinski definition) is 2. The van der Waals surface area contributed by atoms with Crippen molar-refractivity contribution in [1.29, 1.82) is 10.5 Å². The Labute approximate surface area is 197 Å². The maximum absolute atomic E-state index is 9.68. The summed E-state index contributed by atoms with van der Waals surface area (Å²) in [6.45, 7) is 0. The molecule has 0 radical (unpaired) electrons. The van der Waals surface area contributed by atoms with Crippen LogP contribution in [0.1, 0.15) is 11.1 Å². The second kappa shape index (κ2) is 7.89. The molecule has 0 N–H and O–H groups in total. The first-order valence-electron chi connectivity index (χ1n) is 11.1. The number of hydrogen-bond donors (Lipinski definition) is 0. The van der Waals surface area contributed by atoms with E-state index in [0.29, 0.717) is 11.1 Å². The van der Waals surface area contributed by atoms with Gasteiger partial charge in [0, 0.05) is 0 Å². The Morgan fingerprint density at radius 1 is 0.412 bits per heavy atom. The summed E-state index contributed by atoms with van der Waals surface area (Å²) in [5.74, 6) is 0. The molecule has 156 valence electrons. The van der Waals surface area contributed by atoms with E-state index in [4.69, 9.17) is 0 Å². The van der Waals surface area contributed by atoms with E-state index < -0.39 is 0 Å². The lowest BCUT2D eigenvalue weighted by molar-refractivity contribution is 1.49. The van der Waals surface area contributed by atoms with Gasteiger partial charge in [-0.15, -0.1) is 0 Å². The van der Waals surface area contributed by atoms with Gasteiger partial charge in [-0.25, -0.2) is 0 Å². The molecule has 0 fully saturated rings. The monoisotopic (exact) mass is 430 g/mol. The second-order valence-electron chi connectivity index (χ2n) is 8.42. The molecule has 0 amide bonds. The highest BCUT2D eigenvalue weighted by Gasteiger charge is 2.18. The van der Waals surface area contributed by atoms with Gasteiger partial charge >= 0.3 is 0 Å². The summed E-state index contributed by atoms with van der Waals surface area (Å²) in [7, 11) is 0. The average Bonchev–Trinajstić information content (AvgIpc) is 2.91. The molecule has 0 atom stereocenters. The molecule has 0 aliphatic carbocycles. The van der Waals surface area contributed by atoms with Crippen LogP contribution in [0.4, 0.5) is 0 Å². The van der Waals surface area contributed by atoms with Crippen LogP contribution in [0.5, 0.6) is 0 Å². The number of rotatable bonds is 2. The third-order valence-corrected chi connectivity index (χ3v) is 6.48. The summed E-state index contributed by atoms with van der Waals surface area (Å²) >= 11 is 0. The molecule has 2 nitrogen and oxygen atoms in total. The zero-order valence-electron chi connectivity index (χ0n) is 18.3. The number of benzene rings is 6. The first kappa shape index (κ1) is 19.7. The molecule has 6 aromatic carbocycles. The minimum atomic E-state index is 0.626. The van der Waals surface area contributed by atoms with E-state index in [9.17, 15) is 10.5 Å². The Balaban J connectivity index is 1.84. The summed E-state index contributed by atoms with van der Waals surface area (Å²) in [4.78, 5) is 0. The standard InChI is InChI=1S/C32H18N2/c33-19-21-11-15-28-29(16-21)31(24-7-2-1-3-8-24)27-14-10-22(20-34)17-30(27)32(28)26-13-12-23-6-4-5-9-25(23)18-26/h1-18H. The van der Waals surface area contributed by atoms with Crippen molar-refractivity contribution in [2.75, 3.05) is 0 Å². The number of fused-ring (bicyclic) bond motifs is 3. The predicted octanol–water partition coefficient (Wildman–Crippen LogP) is 8.22. The van der Waals surface area contributed by atoms with Crippen molar-refractivity contribution >= 4 is 32.3 Å². The van der Waals surface area contributed by atoms with Crippen molar-refractivity contribution in [3.63, 3.8) is 0 Å². The van der Waals surface area contributed by atoms with Crippen molar-refractivity contribution in [2.24, 2.45) is 0 Å². The number of nitriles is 2. The first-order chi connectivity index (χ1) is 16.8. The molecule has 0 spiro atoms. The van der Waals surface area contributed by atoms with E-state index >= 15 is 0 Å². The summed E-state index contributed by atoms with van der Waals surface area (Å²) in [6, 6.07) is 41.5. The van der Waals surface area contributed by atoms with Gasteiger partial charge in [0.05, 0.1) is 23.3 Å². The van der Waals surface area contributed by atoms with Crippen LogP contribution in [0.25, 0.3) is 54.6 Å². The predicted molar refractivity (Wildman–Crippen MR) is 139 cm³/mol. The molecule has 0 aliphatic rings. The molecule has 0 aliphatic heterocycles. The maximum Gasteiger partial charge on any atom is 0.0991 e. The van der Waals surface area contributed by atoms with Crippen LogP contribution in [0.15, 0.2) is 109 Å². The van der Waals surface area contributed by atoms with Gasteiger partial charge in [0.25, 0.3) is 0 Å². The molecule has 0 saturated heterocycles. The minimum absolute atomic E-state index is 0.626. The van der Waals surface area contributed by atoms with Crippen molar-refractivity contribution in [1.82, 2.24) is 0 Å². The van der Waals surface area contributed by atoms with Crippen LogP contribution >= 0.6 is 0 Å². The fourth-order valence-electron chi connectivity index (χ4n) is 4.94. The second-order valence-corrected chi connectivity index (χ2v) is 8.42. The minimum Gasteiger partial charge on any atom is -0.192 e. The van der Waals surface area contributed by atoms with Crippen LogP contribution < -0.4 is 0 Å². The van der Waals surface area contributed by atoms with E-state index in [0.717, 1.165) is 43.8 Å². The average molecular weight is 431 g/mol. The summed E-state index contributed by atoms with van der Waals surface area (Å²) in [6.07, 6.45) is 0. The molecule has 0 heterocycles. The normalized spacial score (nSPS) is 10.9. The van der Waals surface area contributed by atoms with Crippen LogP contribution in [-0.4, -0.2) is 0 Å². The summed E-state index contributed by atoms with van der Waals surface area (Å²) in [5.41, 5.74) is 5.59. The molecule has 0 aromatic heterocycles. The summed E-state index contributed by atoms with van der Waals surface area (Å²) < 4.78 is 0. The van der Waals surface area contributed by atoms with E-state index in [2.05, 4.69) is 54.6 Å². The third kappa shape index (κ3) is 3.10. The fourth-order valence-corrected chi connectivity index (χ4v) is 4.94. The molecule has 0 saturated carbocycles. The van der Waals surface area contributed by atoms with Gasteiger partial charge in [-0.3, -0.25) is 0 Å². The van der Waals surface area contributed by atoms with Gasteiger partial charge < -0.3 is 0 Å². The van der Waals surface area contributed by atoms with Gasteiger partial charge in [-0.2, -0.15) is 10.5 Å². The molecule has 0 unspecified atom stereocenters. The third-order valence-electron chi connectivity index (χ3n) is 6.48. The Morgan fingerprint density at radius 2 is 0.971 bits per heavy atom. The Hall–Kier alpha value is -4.92. The Bertz CT molecular complexity index is 1820. The van der Waals surface area contributed by atoms with Crippen LogP contribution in [-0.2, 0) is 0 Å².